The Hall–Kier alpha value is -2.55. The van der Waals surface area contributed by atoms with Crippen molar-refractivity contribution in [1.29, 1.82) is 0 Å². The lowest BCUT2D eigenvalue weighted by atomic mass is 10.0. The fourth-order valence-corrected chi connectivity index (χ4v) is 3.38. The normalized spacial score (nSPS) is 10.7. The number of hydrogen-bond acceptors (Lipinski definition) is 5. The van der Waals surface area contributed by atoms with E-state index in [-0.39, 0.29) is 0 Å². The maximum Gasteiger partial charge on any atom is 0.132 e. The van der Waals surface area contributed by atoms with Crippen LogP contribution in [-0.4, -0.2) is 30.5 Å². The van der Waals surface area contributed by atoms with Gasteiger partial charge in [-0.2, -0.15) is 0 Å². The number of rotatable bonds is 2. The number of benzene rings is 1. The van der Waals surface area contributed by atoms with Gasteiger partial charge in [-0.1, -0.05) is 24.0 Å². The summed E-state index contributed by atoms with van der Waals surface area (Å²) in [6.07, 6.45) is 1.75. The molecule has 2 heterocycles. The van der Waals surface area contributed by atoms with Crippen molar-refractivity contribution in [2.45, 2.75) is 0 Å². The minimum atomic E-state index is 0.534. The zero-order valence-corrected chi connectivity index (χ0v) is 13.9. The Kier molecular flexibility index (Phi) is 4.20. The maximum absolute atomic E-state index is 6.13. The largest absolute Gasteiger partial charge is 0.399 e. The summed E-state index contributed by atoms with van der Waals surface area (Å²) >= 11 is 1.65. The molecule has 0 bridgehead atoms. The van der Waals surface area contributed by atoms with Gasteiger partial charge in [-0.25, -0.2) is 4.98 Å². The second-order valence-electron chi connectivity index (χ2n) is 5.57. The first kappa shape index (κ1) is 15.3. The Morgan fingerprint density at radius 3 is 2.61 bits per heavy atom. The van der Waals surface area contributed by atoms with Crippen LogP contribution in [0.1, 0.15) is 5.56 Å². The van der Waals surface area contributed by atoms with Gasteiger partial charge < -0.3 is 11.5 Å². The molecule has 0 fully saturated rings. The molecule has 0 saturated carbocycles. The van der Waals surface area contributed by atoms with Crippen LogP contribution in [0.5, 0.6) is 0 Å². The second-order valence-corrected chi connectivity index (χ2v) is 6.45. The summed E-state index contributed by atoms with van der Waals surface area (Å²) in [5.41, 5.74) is 15.7. The number of pyridine rings is 1. The van der Waals surface area contributed by atoms with E-state index in [9.17, 15) is 0 Å². The monoisotopic (exact) mass is 322 g/mol. The summed E-state index contributed by atoms with van der Waals surface area (Å²) in [6, 6.07) is 7.79. The second kappa shape index (κ2) is 6.29. The first-order valence-electron chi connectivity index (χ1n) is 7.21. The van der Waals surface area contributed by atoms with Crippen molar-refractivity contribution in [2.24, 2.45) is 0 Å². The third-order valence-electron chi connectivity index (χ3n) is 3.46. The summed E-state index contributed by atoms with van der Waals surface area (Å²) < 4.78 is 1.08. The molecular weight excluding hydrogens is 304 g/mol. The van der Waals surface area contributed by atoms with Gasteiger partial charge in [-0.3, -0.25) is 4.90 Å². The number of thiophene rings is 1. The number of anilines is 2. The van der Waals surface area contributed by atoms with Crippen LogP contribution < -0.4 is 11.5 Å². The Bertz CT molecular complexity index is 898. The molecule has 0 aliphatic carbocycles. The molecule has 1 aromatic carbocycles. The van der Waals surface area contributed by atoms with Crippen molar-refractivity contribution in [3.8, 4) is 23.0 Å². The number of nitrogens with zero attached hydrogens (tertiary/aromatic N) is 2. The van der Waals surface area contributed by atoms with Gasteiger partial charge in [-0.15, -0.1) is 11.3 Å². The average molecular weight is 322 g/mol. The molecule has 0 saturated heterocycles. The van der Waals surface area contributed by atoms with Gasteiger partial charge in [-0.05, 0) is 37.2 Å². The van der Waals surface area contributed by atoms with Crippen molar-refractivity contribution < 1.29 is 0 Å². The van der Waals surface area contributed by atoms with Crippen LogP contribution in [0.3, 0.4) is 0 Å². The highest BCUT2D eigenvalue weighted by Gasteiger charge is 2.13. The maximum atomic E-state index is 6.13. The molecule has 23 heavy (non-hydrogen) atoms. The zero-order valence-electron chi connectivity index (χ0n) is 13.1. The van der Waals surface area contributed by atoms with Crippen LogP contribution in [-0.2, 0) is 0 Å². The molecule has 2 aromatic heterocycles. The minimum absolute atomic E-state index is 0.534. The van der Waals surface area contributed by atoms with Gasteiger partial charge in [0, 0.05) is 22.8 Å². The van der Waals surface area contributed by atoms with Crippen molar-refractivity contribution in [3.05, 3.63) is 41.4 Å². The number of hydrogen-bond donors (Lipinski definition) is 2. The summed E-state index contributed by atoms with van der Waals surface area (Å²) in [5, 5.41) is 3.07. The van der Waals surface area contributed by atoms with E-state index in [1.54, 1.807) is 17.5 Å². The van der Waals surface area contributed by atoms with Gasteiger partial charge in [0.1, 0.15) is 5.82 Å². The molecule has 4 N–H and O–H groups in total. The molecule has 3 rings (SSSR count). The number of aromatic nitrogens is 1. The highest BCUT2D eigenvalue weighted by Crippen LogP contribution is 2.38. The first-order chi connectivity index (χ1) is 11.1. The smallest absolute Gasteiger partial charge is 0.132 e. The van der Waals surface area contributed by atoms with Gasteiger partial charge in [0.25, 0.3) is 0 Å². The molecule has 0 aliphatic heterocycles. The molecule has 116 valence electrons. The molecule has 3 aromatic rings. The molecule has 0 radical (unpaired) electrons. The summed E-state index contributed by atoms with van der Waals surface area (Å²) in [5.74, 6) is 6.89. The van der Waals surface area contributed by atoms with Gasteiger partial charge >= 0.3 is 0 Å². The molecule has 0 spiro atoms. The van der Waals surface area contributed by atoms with Crippen LogP contribution in [0.4, 0.5) is 11.5 Å². The van der Waals surface area contributed by atoms with Crippen molar-refractivity contribution in [1.82, 2.24) is 9.88 Å². The zero-order chi connectivity index (χ0) is 16.4. The minimum Gasteiger partial charge on any atom is -0.399 e. The first-order valence-corrected chi connectivity index (χ1v) is 8.09. The number of fused-ring (bicyclic) bond motifs is 1. The van der Waals surface area contributed by atoms with Crippen molar-refractivity contribution in [2.75, 3.05) is 32.1 Å². The van der Waals surface area contributed by atoms with Crippen LogP contribution in [0.2, 0.25) is 0 Å². The van der Waals surface area contributed by atoms with Crippen LogP contribution in [0.15, 0.2) is 35.8 Å². The topological polar surface area (TPSA) is 68.2 Å². The predicted octanol–water partition coefficient (Wildman–Crippen LogP) is 3.04. The highest BCUT2D eigenvalue weighted by molar-refractivity contribution is 7.18. The third-order valence-corrected chi connectivity index (χ3v) is 4.48. The van der Waals surface area contributed by atoms with E-state index in [0.29, 0.717) is 12.4 Å². The Morgan fingerprint density at radius 2 is 1.91 bits per heavy atom. The summed E-state index contributed by atoms with van der Waals surface area (Å²) in [6.45, 7) is 0.710. The molecule has 0 atom stereocenters. The fourth-order valence-electron chi connectivity index (χ4n) is 2.32. The predicted molar refractivity (Wildman–Crippen MR) is 99.3 cm³/mol. The van der Waals surface area contributed by atoms with E-state index in [2.05, 4.69) is 22.2 Å². The lowest BCUT2D eigenvalue weighted by Crippen LogP contribution is -2.10. The summed E-state index contributed by atoms with van der Waals surface area (Å²) in [7, 11) is 3.99. The van der Waals surface area contributed by atoms with Gasteiger partial charge in [0.2, 0.25) is 0 Å². The standard InChI is InChI=1S/C18H18N4S/c1-22(2)9-3-4-13-10-21-18(20)16-15(11-23-17(13)16)12-5-7-14(19)8-6-12/h5-8,10-11H,9,19H2,1-2H3,(H2,20,21). The van der Waals surface area contributed by atoms with Crippen molar-refractivity contribution in [3.63, 3.8) is 0 Å². The van der Waals surface area contributed by atoms with E-state index in [0.717, 1.165) is 32.5 Å². The molecular formula is C18H18N4S. The molecule has 4 nitrogen and oxygen atoms in total. The highest BCUT2D eigenvalue weighted by atomic mass is 32.1. The van der Waals surface area contributed by atoms with Gasteiger partial charge in [0.05, 0.1) is 16.8 Å². The SMILES string of the molecule is CN(C)CC#Cc1cnc(N)c2c(-c3ccc(N)cc3)csc12. The Balaban J connectivity index is 2.12. The average Bonchev–Trinajstić information content (AvgIpc) is 2.96. The Morgan fingerprint density at radius 1 is 1.17 bits per heavy atom. The lowest BCUT2D eigenvalue weighted by molar-refractivity contribution is 0.464. The lowest BCUT2D eigenvalue weighted by Gasteiger charge is -2.04. The molecule has 0 aliphatic rings. The van der Waals surface area contributed by atoms with Crippen molar-refractivity contribution >= 4 is 32.9 Å². The van der Waals surface area contributed by atoms with Gasteiger partial charge in [0.15, 0.2) is 0 Å². The van der Waals surface area contributed by atoms with E-state index < -0.39 is 0 Å². The van der Waals surface area contributed by atoms with E-state index in [1.165, 1.54) is 0 Å². The third kappa shape index (κ3) is 3.14. The summed E-state index contributed by atoms with van der Waals surface area (Å²) in [4.78, 5) is 6.36. The van der Waals surface area contributed by atoms with E-state index in [4.69, 9.17) is 11.5 Å². The number of nitrogens with two attached hydrogens (primary N) is 2. The van der Waals surface area contributed by atoms with Crippen LogP contribution >= 0.6 is 11.3 Å². The molecule has 0 amide bonds. The quantitative estimate of drug-likeness (QED) is 0.562. The van der Waals surface area contributed by atoms with E-state index in [1.807, 2.05) is 43.3 Å². The van der Waals surface area contributed by atoms with Crippen LogP contribution in [0.25, 0.3) is 21.2 Å². The number of nitrogen functional groups attached to an aromatic ring is 2. The Labute approximate surface area is 139 Å². The van der Waals surface area contributed by atoms with E-state index >= 15 is 0 Å². The molecule has 5 heteroatoms. The van der Waals surface area contributed by atoms with Crippen LogP contribution in [0, 0.1) is 11.8 Å². The molecule has 0 unspecified atom stereocenters. The fraction of sp³-hybridized carbons (Fsp3) is 0.167.